The largest absolute Gasteiger partial charge is 0.275 e. The molecule has 0 N–H and O–H groups in total. The Hall–Kier alpha value is -1.20. The maximum atomic E-state index is 12.0. The molecule has 0 aliphatic heterocycles. The molecule has 6 heteroatoms. The highest BCUT2D eigenvalue weighted by atomic mass is 35.5. The zero-order chi connectivity index (χ0) is 16.8. The van der Waals surface area contributed by atoms with E-state index in [2.05, 4.69) is 0 Å². The molecule has 0 spiro atoms. The van der Waals surface area contributed by atoms with E-state index >= 15 is 0 Å². The van der Waals surface area contributed by atoms with Crippen molar-refractivity contribution in [3.8, 4) is 0 Å². The first kappa shape index (κ1) is 18.1. The van der Waals surface area contributed by atoms with Crippen molar-refractivity contribution in [1.29, 1.82) is 0 Å². The van der Waals surface area contributed by atoms with Crippen LogP contribution in [0.2, 0.25) is 10.0 Å². The molecule has 2 aromatic rings. The molecular weight excluding hydrogens is 353 g/mol. The van der Waals surface area contributed by atoms with E-state index in [0.717, 1.165) is 11.1 Å². The number of carbonyl (C=O) groups is 1. The van der Waals surface area contributed by atoms with E-state index in [4.69, 9.17) is 28.0 Å². The van der Waals surface area contributed by atoms with Crippen molar-refractivity contribution in [2.45, 2.75) is 5.25 Å². The second-order valence-corrected chi connectivity index (χ2v) is 6.83. The Morgan fingerprint density at radius 1 is 1.04 bits per heavy atom. The van der Waals surface area contributed by atoms with E-state index in [9.17, 15) is 4.79 Å². The minimum Gasteiger partial charge on any atom is -0.275 e. The number of hydrogen-bond donors (Lipinski definition) is 0. The van der Waals surface area contributed by atoms with E-state index in [1.165, 1.54) is 23.9 Å². The quantitative estimate of drug-likeness (QED) is 0.682. The number of carbonyl (C=O) groups excluding carboxylic acids is 1. The molecule has 0 fully saturated rings. The van der Waals surface area contributed by atoms with Crippen LogP contribution in [-0.4, -0.2) is 30.9 Å². The summed E-state index contributed by atoms with van der Waals surface area (Å²) in [7, 11) is 3.07. The molecule has 0 aromatic heterocycles. The molecule has 0 atom stereocenters. The predicted molar refractivity (Wildman–Crippen MR) is 97.0 cm³/mol. The molecule has 1 amide bonds. The predicted octanol–water partition coefficient (Wildman–Crippen LogP) is 4.84. The van der Waals surface area contributed by atoms with Gasteiger partial charge < -0.3 is 0 Å². The number of benzene rings is 2. The summed E-state index contributed by atoms with van der Waals surface area (Å²) in [6.45, 7) is 0. The van der Waals surface area contributed by atoms with Crippen molar-refractivity contribution in [1.82, 2.24) is 5.06 Å². The van der Waals surface area contributed by atoms with Gasteiger partial charge in [-0.05, 0) is 35.4 Å². The summed E-state index contributed by atoms with van der Waals surface area (Å²) in [6, 6.07) is 15.3. The van der Waals surface area contributed by atoms with E-state index in [-0.39, 0.29) is 11.2 Å². The van der Waals surface area contributed by atoms with Gasteiger partial charge >= 0.3 is 0 Å². The number of hydroxylamine groups is 2. The van der Waals surface area contributed by atoms with Crippen molar-refractivity contribution in [3.05, 3.63) is 69.7 Å². The Labute approximate surface area is 150 Å². The molecule has 0 saturated carbocycles. The smallest absolute Gasteiger partial charge is 0.255 e. The number of nitrogens with zero attached hydrogens (tertiary/aromatic N) is 1. The van der Waals surface area contributed by atoms with Crippen LogP contribution in [0.4, 0.5) is 0 Å². The van der Waals surface area contributed by atoms with Crippen molar-refractivity contribution < 1.29 is 9.63 Å². The summed E-state index contributed by atoms with van der Waals surface area (Å²) in [5.41, 5.74) is 2.16. The highest BCUT2D eigenvalue weighted by Gasteiger charge is 2.18. The van der Waals surface area contributed by atoms with Gasteiger partial charge in [0, 0.05) is 17.1 Å². The van der Waals surface area contributed by atoms with Crippen LogP contribution in [0.25, 0.3) is 0 Å². The topological polar surface area (TPSA) is 29.5 Å². The minimum atomic E-state index is -0.0922. The van der Waals surface area contributed by atoms with Crippen molar-refractivity contribution in [2.75, 3.05) is 19.9 Å². The standard InChI is InChI=1S/C17H17Cl2NO2S/c1-20(22-2)16(21)11-23-17(12-3-7-14(18)8-4-12)13-5-9-15(19)10-6-13/h3-10,17H,11H2,1-2H3. The van der Waals surface area contributed by atoms with Crippen molar-refractivity contribution >= 4 is 40.9 Å². The van der Waals surface area contributed by atoms with Gasteiger partial charge in [0.25, 0.3) is 5.91 Å². The lowest BCUT2D eigenvalue weighted by molar-refractivity contribution is -0.165. The second-order valence-electron chi connectivity index (χ2n) is 4.87. The second kappa shape index (κ2) is 8.60. The molecule has 2 rings (SSSR count). The summed E-state index contributed by atoms with van der Waals surface area (Å²) in [5, 5.41) is 2.61. The normalized spacial score (nSPS) is 10.8. The van der Waals surface area contributed by atoms with Crippen LogP contribution in [-0.2, 0) is 9.63 Å². The molecule has 0 heterocycles. The van der Waals surface area contributed by atoms with Crippen LogP contribution in [0, 0.1) is 0 Å². The van der Waals surface area contributed by atoms with Gasteiger partial charge in [0.05, 0.1) is 18.1 Å². The number of amides is 1. The van der Waals surface area contributed by atoms with Gasteiger partial charge in [-0.3, -0.25) is 9.63 Å². The molecule has 0 unspecified atom stereocenters. The monoisotopic (exact) mass is 369 g/mol. The van der Waals surface area contributed by atoms with Crippen LogP contribution >= 0.6 is 35.0 Å². The molecule has 0 saturated heterocycles. The zero-order valence-corrected chi connectivity index (χ0v) is 15.2. The van der Waals surface area contributed by atoms with Crippen LogP contribution in [0.3, 0.4) is 0 Å². The molecule has 3 nitrogen and oxygen atoms in total. The number of halogens is 2. The first-order chi connectivity index (χ1) is 11.0. The Balaban J connectivity index is 2.22. The van der Waals surface area contributed by atoms with Gasteiger partial charge in [-0.2, -0.15) is 0 Å². The average molecular weight is 370 g/mol. The van der Waals surface area contributed by atoms with Crippen LogP contribution in [0.5, 0.6) is 0 Å². The molecule has 122 valence electrons. The third kappa shape index (κ3) is 5.15. The molecule has 2 aromatic carbocycles. The third-order valence-electron chi connectivity index (χ3n) is 3.34. The minimum absolute atomic E-state index is 0.0127. The lowest BCUT2D eigenvalue weighted by atomic mass is 10.0. The maximum absolute atomic E-state index is 12.0. The molecule has 0 radical (unpaired) electrons. The van der Waals surface area contributed by atoms with E-state index in [0.29, 0.717) is 15.8 Å². The van der Waals surface area contributed by atoms with Gasteiger partial charge in [-0.15, -0.1) is 11.8 Å². The number of hydrogen-bond acceptors (Lipinski definition) is 3. The molecule has 0 bridgehead atoms. The average Bonchev–Trinajstić information content (AvgIpc) is 2.57. The van der Waals surface area contributed by atoms with Crippen molar-refractivity contribution in [2.24, 2.45) is 0 Å². The highest BCUT2D eigenvalue weighted by molar-refractivity contribution is 8.00. The third-order valence-corrected chi connectivity index (χ3v) is 5.14. The van der Waals surface area contributed by atoms with Crippen LogP contribution in [0.15, 0.2) is 48.5 Å². The van der Waals surface area contributed by atoms with E-state index < -0.39 is 0 Å². The maximum Gasteiger partial charge on any atom is 0.255 e. The Morgan fingerprint density at radius 2 is 1.48 bits per heavy atom. The van der Waals surface area contributed by atoms with Crippen molar-refractivity contribution in [3.63, 3.8) is 0 Å². The van der Waals surface area contributed by atoms with Crippen LogP contribution in [0.1, 0.15) is 16.4 Å². The van der Waals surface area contributed by atoms with Gasteiger partial charge in [0.2, 0.25) is 0 Å². The number of rotatable bonds is 6. The first-order valence-electron chi connectivity index (χ1n) is 6.94. The summed E-state index contributed by atoms with van der Waals surface area (Å²) < 4.78 is 0. The summed E-state index contributed by atoms with van der Waals surface area (Å²) in [5.74, 6) is 0.214. The number of thioether (sulfide) groups is 1. The molecule has 0 aliphatic rings. The fourth-order valence-corrected chi connectivity index (χ4v) is 3.45. The van der Waals surface area contributed by atoms with Crippen LogP contribution < -0.4 is 0 Å². The first-order valence-corrected chi connectivity index (χ1v) is 8.75. The molecule has 0 aliphatic carbocycles. The Kier molecular flexibility index (Phi) is 6.78. The summed E-state index contributed by atoms with van der Waals surface area (Å²) >= 11 is 13.5. The molecule has 23 heavy (non-hydrogen) atoms. The SMILES string of the molecule is CON(C)C(=O)CSC(c1ccc(Cl)cc1)c1ccc(Cl)cc1. The van der Waals surface area contributed by atoms with E-state index in [1.54, 1.807) is 7.05 Å². The van der Waals surface area contributed by atoms with Gasteiger partial charge in [-0.1, -0.05) is 47.5 Å². The van der Waals surface area contributed by atoms with Gasteiger partial charge in [0.15, 0.2) is 0 Å². The fraction of sp³-hybridized carbons (Fsp3) is 0.235. The van der Waals surface area contributed by atoms with Gasteiger partial charge in [-0.25, -0.2) is 5.06 Å². The zero-order valence-electron chi connectivity index (χ0n) is 12.8. The lowest BCUT2D eigenvalue weighted by Gasteiger charge is -2.19. The Bertz CT molecular complexity index is 601. The van der Waals surface area contributed by atoms with E-state index in [1.807, 2.05) is 48.5 Å². The molecular formula is C17H17Cl2NO2S. The summed E-state index contributed by atoms with van der Waals surface area (Å²) in [6.07, 6.45) is 0. The highest BCUT2D eigenvalue weighted by Crippen LogP contribution is 2.36. The fourth-order valence-electron chi connectivity index (χ4n) is 2.01. The lowest BCUT2D eigenvalue weighted by Crippen LogP contribution is -2.27. The Morgan fingerprint density at radius 3 is 1.87 bits per heavy atom. The summed E-state index contributed by atoms with van der Waals surface area (Å²) in [4.78, 5) is 16.9. The van der Waals surface area contributed by atoms with Gasteiger partial charge in [0.1, 0.15) is 0 Å².